The van der Waals surface area contributed by atoms with E-state index in [0.29, 0.717) is 11.5 Å². The van der Waals surface area contributed by atoms with Crippen molar-refractivity contribution in [3.63, 3.8) is 0 Å². The molecule has 2 aromatic rings. The van der Waals surface area contributed by atoms with Crippen molar-refractivity contribution in [3.8, 4) is 11.5 Å². The molecule has 23 heavy (non-hydrogen) atoms. The van der Waals surface area contributed by atoms with E-state index in [-0.39, 0.29) is 28.8 Å². The highest BCUT2D eigenvalue weighted by Gasteiger charge is 2.22. The number of carbonyl (C=O) groups is 1. The van der Waals surface area contributed by atoms with Crippen molar-refractivity contribution in [1.29, 1.82) is 0 Å². The number of aromatic nitrogens is 2. The van der Waals surface area contributed by atoms with Gasteiger partial charge in [0.15, 0.2) is 17.2 Å². The molecule has 1 aliphatic rings. The Labute approximate surface area is 135 Å². The molecular weight excluding hydrogens is 326 g/mol. The molecule has 0 unspecified atom stereocenters. The summed E-state index contributed by atoms with van der Waals surface area (Å²) in [5, 5.41) is 15.3. The van der Waals surface area contributed by atoms with Gasteiger partial charge in [0, 0.05) is 13.2 Å². The van der Waals surface area contributed by atoms with E-state index in [4.69, 9.17) is 21.1 Å². The lowest BCUT2D eigenvalue weighted by Gasteiger charge is -2.00. The van der Waals surface area contributed by atoms with Crippen LogP contribution in [0.15, 0.2) is 24.4 Å². The third-order valence-corrected chi connectivity index (χ3v) is 3.43. The second kappa shape index (κ2) is 5.73. The first-order valence-electron chi connectivity index (χ1n) is 6.45. The van der Waals surface area contributed by atoms with Crippen LogP contribution in [0.25, 0.3) is 6.08 Å². The average Bonchev–Trinajstić information content (AvgIpc) is 3.08. The second-order valence-electron chi connectivity index (χ2n) is 4.72. The van der Waals surface area contributed by atoms with Crippen LogP contribution in [-0.2, 0) is 7.05 Å². The third-order valence-electron chi connectivity index (χ3n) is 3.15. The van der Waals surface area contributed by atoms with Gasteiger partial charge in [-0.05, 0) is 18.2 Å². The molecule has 1 aromatic carbocycles. The summed E-state index contributed by atoms with van der Waals surface area (Å²) >= 11 is 5.90. The minimum absolute atomic E-state index is 0.00211. The van der Waals surface area contributed by atoms with Crippen molar-refractivity contribution in [1.82, 2.24) is 9.78 Å². The van der Waals surface area contributed by atoms with Gasteiger partial charge in [-0.1, -0.05) is 11.6 Å². The molecule has 0 amide bonds. The van der Waals surface area contributed by atoms with Gasteiger partial charge in [-0.2, -0.15) is 5.10 Å². The number of nitrogens with zero attached hydrogens (tertiary/aromatic N) is 3. The van der Waals surface area contributed by atoms with Crippen LogP contribution in [0.1, 0.15) is 16.1 Å². The number of rotatable bonds is 4. The molecule has 0 saturated heterocycles. The average molecular weight is 336 g/mol. The highest BCUT2D eigenvalue weighted by molar-refractivity contribution is 6.34. The lowest BCUT2D eigenvalue weighted by molar-refractivity contribution is -0.385. The van der Waals surface area contributed by atoms with Crippen molar-refractivity contribution in [3.05, 3.63) is 50.8 Å². The number of aryl methyl sites for hydroxylation is 1. The molecule has 8 nitrogen and oxygen atoms in total. The van der Waals surface area contributed by atoms with Crippen LogP contribution in [-0.4, -0.2) is 27.3 Å². The van der Waals surface area contributed by atoms with Crippen molar-refractivity contribution in [2.24, 2.45) is 7.05 Å². The Morgan fingerprint density at radius 2 is 2.13 bits per heavy atom. The Bertz CT molecular complexity index is 843. The maximum Gasteiger partial charge on any atom is 0.280 e. The van der Waals surface area contributed by atoms with Crippen molar-refractivity contribution in [2.45, 2.75) is 0 Å². The number of nitro benzene ring substituents is 1. The standard InChI is InChI=1S/C14H10ClN3O5/c1-17-6-9(15)14(16-17)11(19)3-2-8-4-12-13(23-7-22-12)5-10(8)18(20)21/h2-6H,7H2,1H3/b3-2+. The number of fused-ring (bicyclic) bond motifs is 1. The number of ketones is 1. The fourth-order valence-electron chi connectivity index (χ4n) is 2.11. The molecule has 3 rings (SSSR count). The van der Waals surface area contributed by atoms with Gasteiger partial charge in [0.2, 0.25) is 12.6 Å². The van der Waals surface area contributed by atoms with Gasteiger partial charge in [-0.3, -0.25) is 19.6 Å². The van der Waals surface area contributed by atoms with Crippen LogP contribution in [0, 0.1) is 10.1 Å². The van der Waals surface area contributed by atoms with E-state index in [1.165, 1.54) is 35.2 Å². The summed E-state index contributed by atoms with van der Waals surface area (Å²) in [6, 6.07) is 2.71. The van der Waals surface area contributed by atoms with Gasteiger partial charge >= 0.3 is 0 Å². The van der Waals surface area contributed by atoms with Crippen molar-refractivity contribution in [2.75, 3.05) is 6.79 Å². The molecule has 118 valence electrons. The normalized spacial score (nSPS) is 12.8. The summed E-state index contributed by atoms with van der Waals surface area (Å²) in [6.45, 7) is 0.00211. The zero-order valence-corrected chi connectivity index (χ0v) is 12.6. The summed E-state index contributed by atoms with van der Waals surface area (Å²) in [6.07, 6.45) is 4.00. The fraction of sp³-hybridized carbons (Fsp3) is 0.143. The number of nitro groups is 1. The molecule has 0 spiro atoms. The number of halogens is 1. The predicted molar refractivity (Wildman–Crippen MR) is 80.8 cm³/mol. The van der Waals surface area contributed by atoms with Gasteiger partial charge in [0.05, 0.1) is 21.6 Å². The van der Waals surface area contributed by atoms with Gasteiger partial charge in [-0.25, -0.2) is 0 Å². The first-order valence-corrected chi connectivity index (χ1v) is 6.83. The summed E-state index contributed by atoms with van der Waals surface area (Å²) in [4.78, 5) is 22.7. The van der Waals surface area contributed by atoms with Gasteiger partial charge in [-0.15, -0.1) is 0 Å². The van der Waals surface area contributed by atoms with Crippen LogP contribution in [0.5, 0.6) is 11.5 Å². The van der Waals surface area contributed by atoms with Crippen LogP contribution in [0.4, 0.5) is 5.69 Å². The number of carbonyl (C=O) groups excluding carboxylic acids is 1. The minimum atomic E-state index is -0.556. The lowest BCUT2D eigenvalue weighted by atomic mass is 10.1. The fourth-order valence-corrected chi connectivity index (χ4v) is 2.38. The zero-order chi connectivity index (χ0) is 16.6. The van der Waals surface area contributed by atoms with E-state index in [2.05, 4.69) is 5.10 Å². The van der Waals surface area contributed by atoms with E-state index in [1.807, 2.05) is 0 Å². The first-order chi connectivity index (χ1) is 11.0. The first kappa shape index (κ1) is 15.0. The van der Waals surface area contributed by atoms with Crippen molar-refractivity contribution >= 4 is 29.1 Å². The Balaban J connectivity index is 1.94. The summed E-state index contributed by atoms with van der Waals surface area (Å²) in [5.74, 6) is 0.231. The molecule has 0 fully saturated rings. The van der Waals surface area contributed by atoms with E-state index < -0.39 is 10.7 Å². The topological polar surface area (TPSA) is 96.5 Å². The van der Waals surface area contributed by atoms with E-state index >= 15 is 0 Å². The summed E-state index contributed by atoms with van der Waals surface area (Å²) < 4.78 is 11.7. The lowest BCUT2D eigenvalue weighted by Crippen LogP contribution is -1.98. The number of ether oxygens (including phenoxy) is 2. The number of hydrogen-bond acceptors (Lipinski definition) is 6. The largest absolute Gasteiger partial charge is 0.454 e. The SMILES string of the molecule is Cn1cc(Cl)c(C(=O)/C=C/c2cc3c(cc2[N+](=O)[O-])OCO3)n1. The molecule has 0 atom stereocenters. The Hall–Kier alpha value is -2.87. The molecule has 0 saturated carbocycles. The van der Waals surface area contributed by atoms with Gasteiger partial charge < -0.3 is 9.47 Å². The molecule has 0 aliphatic carbocycles. The molecule has 0 N–H and O–H groups in total. The molecule has 0 radical (unpaired) electrons. The Kier molecular flexibility index (Phi) is 3.75. The van der Waals surface area contributed by atoms with Crippen LogP contribution in [0.2, 0.25) is 5.02 Å². The van der Waals surface area contributed by atoms with E-state index in [9.17, 15) is 14.9 Å². The Morgan fingerprint density at radius 3 is 2.74 bits per heavy atom. The Morgan fingerprint density at radius 1 is 1.43 bits per heavy atom. The minimum Gasteiger partial charge on any atom is -0.454 e. The highest BCUT2D eigenvalue weighted by atomic mass is 35.5. The monoisotopic (exact) mass is 335 g/mol. The number of hydrogen-bond donors (Lipinski definition) is 0. The number of benzene rings is 1. The third kappa shape index (κ3) is 2.88. The van der Waals surface area contributed by atoms with Gasteiger partial charge in [0.25, 0.3) is 5.69 Å². The predicted octanol–water partition coefficient (Wildman–Crippen LogP) is 2.61. The zero-order valence-electron chi connectivity index (χ0n) is 11.9. The quantitative estimate of drug-likeness (QED) is 0.369. The van der Waals surface area contributed by atoms with Crippen LogP contribution < -0.4 is 9.47 Å². The summed E-state index contributed by atoms with van der Waals surface area (Å²) in [7, 11) is 1.63. The highest BCUT2D eigenvalue weighted by Crippen LogP contribution is 2.38. The van der Waals surface area contributed by atoms with E-state index in [1.54, 1.807) is 7.05 Å². The van der Waals surface area contributed by atoms with Crippen LogP contribution in [0.3, 0.4) is 0 Å². The molecular formula is C14H10ClN3O5. The molecule has 9 heteroatoms. The molecule has 1 aliphatic heterocycles. The maximum atomic E-state index is 12.1. The molecule has 2 heterocycles. The van der Waals surface area contributed by atoms with Crippen LogP contribution >= 0.6 is 11.6 Å². The number of allylic oxidation sites excluding steroid dienone is 1. The molecule has 0 bridgehead atoms. The van der Waals surface area contributed by atoms with Gasteiger partial charge in [0.1, 0.15) is 0 Å². The second-order valence-corrected chi connectivity index (χ2v) is 5.13. The smallest absolute Gasteiger partial charge is 0.280 e. The summed E-state index contributed by atoms with van der Waals surface area (Å²) in [5.41, 5.74) is 0.110. The van der Waals surface area contributed by atoms with E-state index in [0.717, 1.165) is 0 Å². The van der Waals surface area contributed by atoms with Crippen molar-refractivity contribution < 1.29 is 19.2 Å². The maximum absolute atomic E-state index is 12.1. The molecule has 1 aromatic heterocycles.